The fourth-order valence-corrected chi connectivity index (χ4v) is 9.48. The fourth-order valence-electron chi connectivity index (χ4n) is 9.35. The number of benzene rings is 1. The minimum Gasteiger partial charge on any atom is -0.480 e. The Hall–Kier alpha value is -5.11. The Balaban J connectivity index is 0.986. The van der Waals surface area contributed by atoms with Crippen molar-refractivity contribution < 1.29 is 58.7 Å². The topological polar surface area (TPSA) is 274 Å². The number of rotatable bonds is 26. The molecule has 0 unspecified atom stereocenters. The van der Waals surface area contributed by atoms with Crippen molar-refractivity contribution in [2.24, 2.45) is 0 Å². The van der Waals surface area contributed by atoms with Gasteiger partial charge in [0.15, 0.2) is 0 Å². The molecule has 73 heavy (non-hydrogen) atoms. The molecule has 0 radical (unpaired) electrons. The second kappa shape index (κ2) is 30.3. The lowest BCUT2D eigenvalue weighted by molar-refractivity contribution is -0.140. The number of carboxylic acid groups (broad SMARTS) is 3. The number of carbonyl (C=O) groups is 6. The maximum atomic E-state index is 14.4. The number of aliphatic hydroxyl groups is 1. The molecule has 0 spiro atoms. The summed E-state index contributed by atoms with van der Waals surface area (Å²) in [6.45, 7) is 12.5. The average Bonchev–Trinajstić information content (AvgIpc) is 3.64. The molecule has 2 saturated heterocycles. The molecule has 23 nitrogen and oxygen atoms in total. The molecule has 3 amide bonds. The van der Waals surface area contributed by atoms with Crippen LogP contribution in [0.1, 0.15) is 68.4 Å². The molecule has 1 aromatic carbocycles. The van der Waals surface area contributed by atoms with Crippen molar-refractivity contribution in [3.05, 3.63) is 52.4 Å². The summed E-state index contributed by atoms with van der Waals surface area (Å²) >= 11 is 6.26. The molecule has 2 aromatic rings. The van der Waals surface area contributed by atoms with Crippen molar-refractivity contribution in [2.45, 2.75) is 57.6 Å². The number of ether oxygens (including phenoxy) is 2. The van der Waals surface area contributed by atoms with Crippen molar-refractivity contribution in [1.82, 2.24) is 50.0 Å². The molecule has 3 heterocycles. The van der Waals surface area contributed by atoms with Crippen LogP contribution in [0.15, 0.2) is 30.6 Å². The molecule has 1 aromatic heterocycles. The first-order valence-corrected chi connectivity index (χ1v) is 25.6. The first-order valence-electron chi connectivity index (χ1n) is 25.3. The van der Waals surface area contributed by atoms with Crippen LogP contribution in [0.4, 0.5) is 5.82 Å². The smallest absolute Gasteiger partial charge is 0.317 e. The molecule has 24 heteroatoms. The van der Waals surface area contributed by atoms with Crippen LogP contribution in [0, 0.1) is 0 Å². The summed E-state index contributed by atoms with van der Waals surface area (Å²) in [4.78, 5) is 96.8. The maximum absolute atomic E-state index is 14.4. The lowest BCUT2D eigenvalue weighted by Gasteiger charge is -2.39. The fraction of sp³-hybridized carbons (Fsp3) is 0.673. The highest BCUT2D eigenvalue weighted by Gasteiger charge is 2.36. The molecule has 3 atom stereocenters. The first kappa shape index (κ1) is 58.8. The number of halogens is 1. The van der Waals surface area contributed by atoms with E-state index < -0.39 is 29.9 Å². The van der Waals surface area contributed by atoms with Crippen LogP contribution < -0.4 is 15.5 Å². The molecule has 6 N–H and O–H groups in total. The summed E-state index contributed by atoms with van der Waals surface area (Å²) in [6.07, 6.45) is 1.68. The van der Waals surface area contributed by atoms with Crippen LogP contribution in [0.5, 0.6) is 0 Å². The summed E-state index contributed by atoms with van der Waals surface area (Å²) < 4.78 is 11.2. The second-order valence-electron chi connectivity index (χ2n) is 19.1. The zero-order chi connectivity index (χ0) is 52.9. The van der Waals surface area contributed by atoms with Gasteiger partial charge in [-0.1, -0.05) is 30.7 Å². The molecule has 1 aliphatic carbocycles. The van der Waals surface area contributed by atoms with Crippen LogP contribution in [0.3, 0.4) is 0 Å². The van der Waals surface area contributed by atoms with Gasteiger partial charge >= 0.3 is 17.9 Å². The third-order valence-electron chi connectivity index (χ3n) is 13.4. The van der Waals surface area contributed by atoms with Crippen molar-refractivity contribution in [3.8, 4) is 0 Å². The summed E-state index contributed by atoms with van der Waals surface area (Å²) in [7, 11) is 0. The Morgan fingerprint density at radius 3 is 1.75 bits per heavy atom. The number of amides is 3. The highest BCUT2D eigenvalue weighted by molar-refractivity contribution is 6.30. The normalized spacial score (nSPS) is 19.3. The number of carbonyl (C=O) groups excluding carboxylic acids is 3. The van der Waals surface area contributed by atoms with E-state index in [1.54, 1.807) is 26.8 Å². The number of aromatic nitrogens is 2. The zero-order valence-corrected chi connectivity index (χ0v) is 43.3. The van der Waals surface area contributed by atoms with E-state index in [0.29, 0.717) is 89.1 Å². The van der Waals surface area contributed by atoms with E-state index in [9.17, 15) is 49.2 Å². The van der Waals surface area contributed by atoms with Gasteiger partial charge in [0.05, 0.1) is 70.3 Å². The van der Waals surface area contributed by atoms with Crippen LogP contribution in [0.25, 0.3) is 0 Å². The molecule has 2 aliphatic heterocycles. The van der Waals surface area contributed by atoms with E-state index in [0.717, 1.165) is 16.9 Å². The van der Waals surface area contributed by atoms with E-state index in [1.807, 2.05) is 21.9 Å². The second-order valence-corrected chi connectivity index (χ2v) is 19.6. The Bertz CT molecular complexity index is 2070. The minimum absolute atomic E-state index is 0.00300. The molecule has 0 saturated carbocycles. The molecule has 0 bridgehead atoms. The number of aliphatic carboxylic acids is 3. The van der Waals surface area contributed by atoms with Gasteiger partial charge < -0.3 is 50.3 Å². The number of nitrogens with one attached hydrogen (secondary N) is 2. The SMILES string of the molecule is CC(C)N(CCNC(=O)CCOCCOCCNC(=O)CN1CCN(CC(=O)O)CCN(CC(=O)O)CCN(CC(=O)O)CC1)C[C@@H](C(=O)N1CCN(c2ncnc3c2[C@H](C)C[C@H]3O)CC1)c1ccc(Cl)cc1. The minimum atomic E-state index is -1.03. The number of hydrogen-bond donors (Lipinski definition) is 6. The number of hydrogen-bond acceptors (Lipinski definition) is 17. The van der Waals surface area contributed by atoms with Gasteiger partial charge in [-0.15, -0.1) is 0 Å². The molecule has 2 fully saturated rings. The average molecular weight is 1050 g/mol. The van der Waals surface area contributed by atoms with Gasteiger partial charge in [0.2, 0.25) is 17.7 Å². The predicted octanol–water partition coefficient (Wildman–Crippen LogP) is -0.0555. The summed E-state index contributed by atoms with van der Waals surface area (Å²) in [6, 6.07) is 7.48. The summed E-state index contributed by atoms with van der Waals surface area (Å²) in [5.41, 5.74) is 2.55. The molecule has 5 rings (SSSR count). The molecular weight excluding hydrogens is 970 g/mol. The predicted molar refractivity (Wildman–Crippen MR) is 271 cm³/mol. The van der Waals surface area contributed by atoms with Gasteiger partial charge in [0, 0.05) is 128 Å². The number of anilines is 1. The summed E-state index contributed by atoms with van der Waals surface area (Å²) in [5.74, 6) is -3.00. The largest absolute Gasteiger partial charge is 0.480 e. The van der Waals surface area contributed by atoms with Crippen molar-refractivity contribution >= 4 is 53.0 Å². The van der Waals surface area contributed by atoms with Gasteiger partial charge in [-0.05, 0) is 43.9 Å². The quantitative estimate of drug-likeness (QED) is 0.0674. The third-order valence-corrected chi connectivity index (χ3v) is 13.6. The Morgan fingerprint density at radius 1 is 0.699 bits per heavy atom. The van der Waals surface area contributed by atoms with Gasteiger partial charge in [-0.3, -0.25) is 53.3 Å². The number of nitrogens with zero attached hydrogens (tertiary/aromatic N) is 9. The summed E-state index contributed by atoms with van der Waals surface area (Å²) in [5, 5.41) is 45.2. The van der Waals surface area contributed by atoms with E-state index in [4.69, 9.17) is 21.1 Å². The maximum Gasteiger partial charge on any atom is 0.317 e. The van der Waals surface area contributed by atoms with Gasteiger partial charge in [0.25, 0.3) is 0 Å². The third kappa shape index (κ3) is 19.9. The number of fused-ring (bicyclic) bond motifs is 1. The highest BCUT2D eigenvalue weighted by Crippen LogP contribution is 2.43. The molecule has 406 valence electrons. The zero-order valence-electron chi connectivity index (χ0n) is 42.5. The monoisotopic (exact) mass is 1050 g/mol. The van der Waals surface area contributed by atoms with E-state index >= 15 is 0 Å². The lowest BCUT2D eigenvalue weighted by Crippen LogP contribution is -2.52. The van der Waals surface area contributed by atoms with E-state index in [-0.39, 0.29) is 121 Å². The Kier molecular flexibility index (Phi) is 24.4. The van der Waals surface area contributed by atoms with Crippen molar-refractivity contribution in [3.63, 3.8) is 0 Å². The van der Waals surface area contributed by atoms with Crippen LogP contribution in [-0.4, -0.2) is 259 Å². The van der Waals surface area contributed by atoms with Gasteiger partial charge in [-0.2, -0.15) is 0 Å². The van der Waals surface area contributed by atoms with Gasteiger partial charge in [0.1, 0.15) is 12.1 Å². The molecular formula is C49H76ClN11O12. The van der Waals surface area contributed by atoms with Crippen LogP contribution in [0.2, 0.25) is 5.02 Å². The van der Waals surface area contributed by atoms with Crippen LogP contribution >= 0.6 is 11.6 Å². The van der Waals surface area contributed by atoms with Gasteiger partial charge in [-0.25, -0.2) is 9.97 Å². The standard InChI is InChI=1S/C49H76ClN11O12/c1-35(2)61(29-39(37-4-6-38(50)7-5-37)49(71)60-22-20-59(21-23-60)48-46-36(3)28-40(62)47(46)53-34-54-48)11-9-51-41(63)8-24-72-26-27-73-25-10-52-42(64)30-55-12-14-56(31-43(65)66)16-18-58(33-45(69)70)19-17-57(15-13-55)32-44(67)68/h4-7,34-36,39-40,62H,8-33H2,1-3H3,(H,51,63)(H,52,64)(H,65,66)(H,67,68)(H,69,70)/t36-,39-,40-/m1/s1. The number of carboxylic acids is 3. The molecule has 3 aliphatic rings. The van der Waals surface area contributed by atoms with E-state index in [2.05, 4.69) is 51.2 Å². The highest BCUT2D eigenvalue weighted by atomic mass is 35.5. The number of aliphatic hydroxyl groups excluding tert-OH is 1. The van der Waals surface area contributed by atoms with Crippen molar-refractivity contribution in [1.29, 1.82) is 0 Å². The Labute approximate surface area is 432 Å². The first-order chi connectivity index (χ1) is 35.0. The van der Waals surface area contributed by atoms with Crippen molar-refractivity contribution in [2.75, 3.05) is 162 Å². The number of piperazine rings is 1. The van der Waals surface area contributed by atoms with E-state index in [1.165, 1.54) is 6.33 Å². The Morgan fingerprint density at radius 2 is 1.22 bits per heavy atom. The lowest BCUT2D eigenvalue weighted by atomic mass is 9.95. The van der Waals surface area contributed by atoms with Crippen LogP contribution in [-0.2, 0) is 38.2 Å².